The fourth-order valence-corrected chi connectivity index (χ4v) is 2.84. The van der Waals surface area contributed by atoms with Crippen LogP contribution in [0.25, 0.3) is 0 Å². The number of nitrogens with zero attached hydrogens (tertiary/aromatic N) is 2. The summed E-state index contributed by atoms with van der Waals surface area (Å²) in [5.41, 5.74) is 0.996. The van der Waals surface area contributed by atoms with Crippen molar-refractivity contribution in [2.24, 2.45) is 4.99 Å². The lowest BCUT2D eigenvalue weighted by molar-refractivity contribution is -0.0161. The van der Waals surface area contributed by atoms with E-state index >= 15 is 0 Å². The molecule has 1 aliphatic rings. The summed E-state index contributed by atoms with van der Waals surface area (Å²) in [6.07, 6.45) is 0.161. The number of aliphatic imine (C=N–C) groups is 1. The fraction of sp³-hybridized carbons (Fsp3) is 0.611. The Labute approximate surface area is 155 Å². The van der Waals surface area contributed by atoms with E-state index in [1.54, 1.807) is 28.4 Å². The van der Waals surface area contributed by atoms with E-state index in [0.717, 1.165) is 31.2 Å². The number of nitrogens with one attached hydrogen (secondary N) is 2. The molecular formula is C18H30N4O4. The summed E-state index contributed by atoms with van der Waals surface area (Å²) in [7, 11) is 8.66. The number of likely N-dealkylation sites (N-methyl/N-ethyl adjacent to an activating group) is 1. The van der Waals surface area contributed by atoms with Crippen molar-refractivity contribution in [1.82, 2.24) is 15.5 Å². The standard InChI is InChI=1S/C18H30N4O4/c1-19-18(21-11-14-12-22(2)6-7-26-14)20-10-13-8-15(23-3)17(25-5)16(9-13)24-4/h8-9,14H,6-7,10-12H2,1-5H3,(H2,19,20,21). The maximum absolute atomic E-state index is 5.76. The molecule has 8 nitrogen and oxygen atoms in total. The molecule has 0 spiro atoms. The predicted octanol–water partition coefficient (Wildman–Crippen LogP) is 0.708. The summed E-state index contributed by atoms with van der Waals surface area (Å²) in [6.45, 7) is 3.93. The molecule has 146 valence electrons. The molecule has 2 rings (SSSR count). The van der Waals surface area contributed by atoms with Crippen LogP contribution in [0.15, 0.2) is 17.1 Å². The van der Waals surface area contributed by atoms with Gasteiger partial charge in [-0.3, -0.25) is 4.99 Å². The van der Waals surface area contributed by atoms with E-state index in [1.807, 2.05) is 12.1 Å². The maximum atomic E-state index is 5.76. The molecule has 1 unspecified atom stereocenters. The third kappa shape index (κ3) is 5.40. The molecule has 2 N–H and O–H groups in total. The molecule has 0 radical (unpaired) electrons. The Kier molecular flexibility index (Phi) is 7.80. The van der Waals surface area contributed by atoms with Crippen molar-refractivity contribution in [1.29, 1.82) is 0 Å². The smallest absolute Gasteiger partial charge is 0.203 e. The lowest BCUT2D eigenvalue weighted by Gasteiger charge is -2.30. The van der Waals surface area contributed by atoms with E-state index in [9.17, 15) is 0 Å². The van der Waals surface area contributed by atoms with Gasteiger partial charge in [-0.25, -0.2) is 0 Å². The van der Waals surface area contributed by atoms with E-state index in [4.69, 9.17) is 18.9 Å². The minimum atomic E-state index is 0.161. The molecule has 1 fully saturated rings. The van der Waals surface area contributed by atoms with Gasteiger partial charge >= 0.3 is 0 Å². The molecule has 8 heteroatoms. The van der Waals surface area contributed by atoms with Crippen LogP contribution in [-0.2, 0) is 11.3 Å². The quantitative estimate of drug-likeness (QED) is 0.544. The average Bonchev–Trinajstić information content (AvgIpc) is 2.67. The van der Waals surface area contributed by atoms with Gasteiger partial charge in [0.2, 0.25) is 5.75 Å². The lowest BCUT2D eigenvalue weighted by atomic mass is 10.2. The molecule has 0 aliphatic carbocycles. The third-order valence-corrected chi connectivity index (χ3v) is 4.25. The van der Waals surface area contributed by atoms with Crippen molar-refractivity contribution in [3.8, 4) is 17.2 Å². The zero-order valence-corrected chi connectivity index (χ0v) is 16.3. The lowest BCUT2D eigenvalue weighted by Crippen LogP contribution is -2.48. The molecule has 1 aromatic rings. The van der Waals surface area contributed by atoms with Gasteiger partial charge < -0.3 is 34.5 Å². The van der Waals surface area contributed by atoms with E-state index < -0.39 is 0 Å². The Balaban J connectivity index is 1.93. The molecule has 1 aromatic carbocycles. The Morgan fingerprint density at radius 1 is 1.19 bits per heavy atom. The predicted molar refractivity (Wildman–Crippen MR) is 102 cm³/mol. The fourth-order valence-electron chi connectivity index (χ4n) is 2.84. The highest BCUT2D eigenvalue weighted by Gasteiger charge is 2.18. The molecule has 1 saturated heterocycles. The number of ether oxygens (including phenoxy) is 4. The van der Waals surface area contributed by atoms with Crippen LogP contribution in [0, 0.1) is 0 Å². The SMILES string of the molecule is CN=C(NCc1cc(OC)c(OC)c(OC)c1)NCC1CN(C)CCO1. The van der Waals surface area contributed by atoms with Gasteiger partial charge in [-0.1, -0.05) is 0 Å². The van der Waals surface area contributed by atoms with Crippen LogP contribution in [0.2, 0.25) is 0 Å². The molecule has 0 amide bonds. The van der Waals surface area contributed by atoms with E-state index in [2.05, 4.69) is 27.6 Å². The number of hydrogen-bond donors (Lipinski definition) is 2. The van der Waals surface area contributed by atoms with E-state index in [1.165, 1.54) is 0 Å². The van der Waals surface area contributed by atoms with Crippen LogP contribution >= 0.6 is 0 Å². The number of hydrogen-bond acceptors (Lipinski definition) is 6. The molecule has 0 bridgehead atoms. The van der Waals surface area contributed by atoms with Crippen LogP contribution in [0.5, 0.6) is 17.2 Å². The maximum Gasteiger partial charge on any atom is 0.203 e. The summed E-state index contributed by atoms with van der Waals surface area (Å²) in [6, 6.07) is 3.83. The second-order valence-electron chi connectivity index (χ2n) is 6.10. The zero-order valence-electron chi connectivity index (χ0n) is 16.3. The van der Waals surface area contributed by atoms with Gasteiger partial charge in [0, 0.05) is 33.2 Å². The summed E-state index contributed by atoms with van der Waals surface area (Å²) in [4.78, 5) is 6.53. The molecule has 26 heavy (non-hydrogen) atoms. The Morgan fingerprint density at radius 2 is 1.88 bits per heavy atom. The first kappa shape index (κ1) is 20.1. The number of rotatable bonds is 7. The Bertz CT molecular complexity index is 584. The number of morpholine rings is 1. The normalized spacial score (nSPS) is 18.3. The second-order valence-corrected chi connectivity index (χ2v) is 6.10. The molecule has 1 heterocycles. The van der Waals surface area contributed by atoms with E-state index in [0.29, 0.717) is 30.3 Å². The van der Waals surface area contributed by atoms with Crippen molar-refractivity contribution in [3.05, 3.63) is 17.7 Å². The second kappa shape index (κ2) is 10.1. The highest BCUT2D eigenvalue weighted by atomic mass is 16.5. The third-order valence-electron chi connectivity index (χ3n) is 4.25. The van der Waals surface area contributed by atoms with Crippen molar-refractivity contribution in [2.75, 3.05) is 61.7 Å². The first-order valence-electron chi connectivity index (χ1n) is 8.64. The highest BCUT2D eigenvalue weighted by Crippen LogP contribution is 2.38. The average molecular weight is 366 g/mol. The summed E-state index contributed by atoms with van der Waals surface area (Å²) < 4.78 is 21.9. The summed E-state index contributed by atoms with van der Waals surface area (Å²) >= 11 is 0. The minimum Gasteiger partial charge on any atom is -0.493 e. The topological polar surface area (TPSA) is 76.6 Å². The van der Waals surface area contributed by atoms with Crippen LogP contribution < -0.4 is 24.8 Å². The van der Waals surface area contributed by atoms with Crippen LogP contribution in [-0.4, -0.2) is 78.6 Å². The molecule has 1 aliphatic heterocycles. The summed E-state index contributed by atoms with van der Waals surface area (Å²) in [5, 5.41) is 6.60. The Hall–Kier alpha value is -2.19. The van der Waals surface area contributed by atoms with Crippen molar-refractivity contribution >= 4 is 5.96 Å². The largest absolute Gasteiger partial charge is 0.493 e. The summed E-state index contributed by atoms with van der Waals surface area (Å²) in [5.74, 6) is 2.56. The van der Waals surface area contributed by atoms with Crippen molar-refractivity contribution < 1.29 is 18.9 Å². The number of guanidine groups is 1. The van der Waals surface area contributed by atoms with Gasteiger partial charge in [-0.05, 0) is 24.7 Å². The van der Waals surface area contributed by atoms with Crippen LogP contribution in [0.3, 0.4) is 0 Å². The van der Waals surface area contributed by atoms with Gasteiger partial charge in [0.25, 0.3) is 0 Å². The van der Waals surface area contributed by atoms with Gasteiger partial charge in [-0.15, -0.1) is 0 Å². The molecular weight excluding hydrogens is 336 g/mol. The Morgan fingerprint density at radius 3 is 2.42 bits per heavy atom. The zero-order chi connectivity index (χ0) is 18.9. The molecule has 0 aromatic heterocycles. The van der Waals surface area contributed by atoms with Gasteiger partial charge in [0.05, 0.1) is 34.0 Å². The van der Waals surface area contributed by atoms with Gasteiger partial charge in [-0.2, -0.15) is 0 Å². The van der Waals surface area contributed by atoms with Crippen molar-refractivity contribution in [2.45, 2.75) is 12.6 Å². The number of methoxy groups -OCH3 is 3. The van der Waals surface area contributed by atoms with Gasteiger partial charge in [0.1, 0.15) is 0 Å². The monoisotopic (exact) mass is 366 g/mol. The van der Waals surface area contributed by atoms with Crippen LogP contribution in [0.1, 0.15) is 5.56 Å². The van der Waals surface area contributed by atoms with Gasteiger partial charge in [0.15, 0.2) is 17.5 Å². The van der Waals surface area contributed by atoms with E-state index in [-0.39, 0.29) is 6.10 Å². The molecule has 0 saturated carbocycles. The number of benzene rings is 1. The first-order chi connectivity index (χ1) is 12.6. The van der Waals surface area contributed by atoms with Crippen molar-refractivity contribution in [3.63, 3.8) is 0 Å². The first-order valence-corrected chi connectivity index (χ1v) is 8.64. The van der Waals surface area contributed by atoms with Crippen LogP contribution in [0.4, 0.5) is 0 Å². The highest BCUT2D eigenvalue weighted by molar-refractivity contribution is 5.79. The minimum absolute atomic E-state index is 0.161. The molecule has 1 atom stereocenters.